The Kier molecular flexibility index (Phi) is 6.04. The summed E-state index contributed by atoms with van der Waals surface area (Å²) in [4.78, 5) is 28.2. The topological polar surface area (TPSA) is 95.3 Å². The first kappa shape index (κ1) is 24.3. The van der Waals surface area contributed by atoms with Crippen molar-refractivity contribution in [2.24, 2.45) is 5.73 Å². The standard InChI is InChI=1S/C26H17ClF3N5O2/c27-19-8-6-16(7-9-19)20-11-12-34-24(22(20)17-2-4-18(5-3-17)23(31)36)33-35(25(34)37)14-15-1-10-21(32-13-15)26(28,29)30/h1-13H,14H2,(H2,31,36). The summed E-state index contributed by atoms with van der Waals surface area (Å²) >= 11 is 6.06. The van der Waals surface area contributed by atoms with E-state index in [1.807, 2.05) is 12.1 Å². The first-order valence-corrected chi connectivity index (χ1v) is 11.3. The SMILES string of the molecule is NC(=O)c1ccc(-c2c(-c3ccc(Cl)cc3)ccn3c(=O)n(Cc4ccc(C(F)(F)F)nc4)nc23)cc1. The second kappa shape index (κ2) is 9.21. The molecule has 0 spiro atoms. The molecule has 0 aliphatic heterocycles. The molecule has 11 heteroatoms. The minimum atomic E-state index is -4.56. The highest BCUT2D eigenvalue weighted by atomic mass is 35.5. The summed E-state index contributed by atoms with van der Waals surface area (Å²) in [6.45, 7) is -0.0814. The number of pyridine rings is 2. The van der Waals surface area contributed by atoms with Crippen LogP contribution in [0.3, 0.4) is 0 Å². The quantitative estimate of drug-likeness (QED) is 0.349. The number of hydrogen-bond donors (Lipinski definition) is 1. The van der Waals surface area contributed by atoms with Gasteiger partial charge in [0.1, 0.15) is 5.69 Å². The summed E-state index contributed by atoms with van der Waals surface area (Å²) < 4.78 is 41.1. The Hall–Kier alpha value is -4.44. The van der Waals surface area contributed by atoms with Crippen LogP contribution in [0.25, 0.3) is 27.9 Å². The summed E-state index contributed by atoms with van der Waals surface area (Å²) in [6.07, 6.45) is -1.91. The van der Waals surface area contributed by atoms with Crippen molar-refractivity contribution >= 4 is 23.2 Å². The number of carbonyl (C=O) groups is 1. The molecule has 5 rings (SSSR count). The number of primary amides is 1. The Morgan fingerprint density at radius 2 is 1.62 bits per heavy atom. The predicted octanol–water partition coefficient (Wildman–Crippen LogP) is 5.04. The van der Waals surface area contributed by atoms with Gasteiger partial charge in [-0.05, 0) is 58.7 Å². The molecular formula is C26H17ClF3N5O2. The van der Waals surface area contributed by atoms with Gasteiger partial charge in [-0.15, -0.1) is 5.10 Å². The minimum Gasteiger partial charge on any atom is -0.366 e. The average Bonchev–Trinajstić information content (AvgIpc) is 3.19. The fourth-order valence-corrected chi connectivity index (χ4v) is 4.12. The lowest BCUT2D eigenvalue weighted by atomic mass is 9.95. The highest BCUT2D eigenvalue weighted by Crippen LogP contribution is 2.35. The highest BCUT2D eigenvalue weighted by molar-refractivity contribution is 6.30. The molecule has 0 unspecified atom stereocenters. The maximum absolute atomic E-state index is 13.2. The van der Waals surface area contributed by atoms with Gasteiger partial charge in [0.2, 0.25) is 5.91 Å². The second-order valence-corrected chi connectivity index (χ2v) is 8.67. The van der Waals surface area contributed by atoms with E-state index in [1.54, 1.807) is 48.7 Å². The molecule has 2 N–H and O–H groups in total. The molecule has 0 fully saturated rings. The molecule has 0 bridgehead atoms. The Balaban J connectivity index is 1.66. The molecule has 0 radical (unpaired) electrons. The Bertz CT molecular complexity index is 1670. The molecule has 186 valence electrons. The van der Waals surface area contributed by atoms with Crippen LogP contribution < -0.4 is 11.4 Å². The normalized spacial score (nSPS) is 11.7. The molecule has 0 aliphatic carbocycles. The van der Waals surface area contributed by atoms with Gasteiger partial charge in [0.15, 0.2) is 5.65 Å². The van der Waals surface area contributed by atoms with Crippen molar-refractivity contribution in [3.63, 3.8) is 0 Å². The maximum atomic E-state index is 13.2. The lowest BCUT2D eigenvalue weighted by molar-refractivity contribution is -0.141. The van der Waals surface area contributed by atoms with E-state index in [0.717, 1.165) is 28.1 Å². The molecule has 0 saturated carbocycles. The number of aromatic nitrogens is 4. The molecule has 0 aliphatic rings. The van der Waals surface area contributed by atoms with Gasteiger partial charge in [-0.25, -0.2) is 13.9 Å². The van der Waals surface area contributed by atoms with Gasteiger partial charge < -0.3 is 5.73 Å². The maximum Gasteiger partial charge on any atom is 0.433 e. The first-order chi connectivity index (χ1) is 17.6. The highest BCUT2D eigenvalue weighted by Gasteiger charge is 2.32. The van der Waals surface area contributed by atoms with E-state index < -0.39 is 23.5 Å². The summed E-state index contributed by atoms with van der Waals surface area (Å²) in [6, 6.07) is 17.6. The smallest absolute Gasteiger partial charge is 0.366 e. The molecule has 7 nitrogen and oxygen atoms in total. The van der Waals surface area contributed by atoms with E-state index >= 15 is 0 Å². The fraction of sp³-hybridized carbons (Fsp3) is 0.0769. The Labute approximate surface area is 212 Å². The van der Waals surface area contributed by atoms with Gasteiger partial charge in [0.05, 0.1) is 6.54 Å². The average molecular weight is 524 g/mol. The van der Waals surface area contributed by atoms with E-state index in [0.29, 0.717) is 32.9 Å². The van der Waals surface area contributed by atoms with Gasteiger partial charge in [-0.3, -0.25) is 9.78 Å². The van der Waals surface area contributed by atoms with E-state index in [1.165, 1.54) is 10.5 Å². The van der Waals surface area contributed by atoms with Crippen molar-refractivity contribution in [1.29, 1.82) is 0 Å². The van der Waals surface area contributed by atoms with Crippen molar-refractivity contribution in [3.05, 3.63) is 111 Å². The van der Waals surface area contributed by atoms with Gasteiger partial charge in [0.25, 0.3) is 0 Å². The van der Waals surface area contributed by atoms with Crippen LogP contribution in [-0.2, 0) is 12.7 Å². The van der Waals surface area contributed by atoms with Crippen LogP contribution >= 0.6 is 11.6 Å². The van der Waals surface area contributed by atoms with E-state index in [4.69, 9.17) is 17.3 Å². The predicted molar refractivity (Wildman–Crippen MR) is 132 cm³/mol. The summed E-state index contributed by atoms with van der Waals surface area (Å²) in [5, 5.41) is 5.07. The van der Waals surface area contributed by atoms with Crippen LogP contribution in [0, 0.1) is 0 Å². The van der Waals surface area contributed by atoms with Gasteiger partial charge >= 0.3 is 11.9 Å². The molecule has 0 atom stereocenters. The van der Waals surface area contributed by atoms with Crippen molar-refractivity contribution in [2.75, 3.05) is 0 Å². The molecule has 3 heterocycles. The number of nitrogens with two attached hydrogens (primary N) is 1. The van der Waals surface area contributed by atoms with Crippen molar-refractivity contribution < 1.29 is 18.0 Å². The fourth-order valence-electron chi connectivity index (χ4n) is 4.00. The third-order valence-electron chi connectivity index (χ3n) is 5.81. The number of halogens is 4. The lowest BCUT2D eigenvalue weighted by Gasteiger charge is -2.12. The number of nitrogens with zero attached hydrogens (tertiary/aromatic N) is 4. The number of rotatable bonds is 5. The zero-order valence-electron chi connectivity index (χ0n) is 18.9. The number of fused-ring (bicyclic) bond motifs is 1. The zero-order chi connectivity index (χ0) is 26.3. The molecule has 1 amide bonds. The summed E-state index contributed by atoms with van der Waals surface area (Å²) in [7, 11) is 0. The van der Waals surface area contributed by atoms with E-state index in [2.05, 4.69) is 10.1 Å². The molecule has 37 heavy (non-hydrogen) atoms. The van der Waals surface area contributed by atoms with Crippen molar-refractivity contribution in [3.8, 4) is 22.3 Å². The third-order valence-corrected chi connectivity index (χ3v) is 6.07. The number of amides is 1. The van der Waals surface area contributed by atoms with Crippen molar-refractivity contribution in [2.45, 2.75) is 12.7 Å². The monoisotopic (exact) mass is 523 g/mol. The van der Waals surface area contributed by atoms with E-state index in [9.17, 15) is 22.8 Å². The van der Waals surface area contributed by atoms with Crippen LogP contribution in [-0.4, -0.2) is 25.1 Å². The first-order valence-electron chi connectivity index (χ1n) is 10.9. The minimum absolute atomic E-state index is 0.0814. The molecular weight excluding hydrogens is 507 g/mol. The summed E-state index contributed by atoms with van der Waals surface area (Å²) in [5.74, 6) is -0.576. The molecule has 5 aromatic rings. The van der Waals surface area contributed by atoms with Gasteiger partial charge in [-0.1, -0.05) is 41.9 Å². The second-order valence-electron chi connectivity index (χ2n) is 8.24. The number of carbonyl (C=O) groups excluding carboxylic acids is 1. The van der Waals surface area contributed by atoms with Crippen LogP contribution in [0.15, 0.2) is 83.9 Å². The number of alkyl halides is 3. The van der Waals surface area contributed by atoms with Crippen LogP contribution in [0.1, 0.15) is 21.6 Å². The van der Waals surface area contributed by atoms with E-state index in [-0.39, 0.29) is 6.54 Å². The number of benzene rings is 2. The van der Waals surface area contributed by atoms with Crippen LogP contribution in [0.2, 0.25) is 5.02 Å². The zero-order valence-corrected chi connectivity index (χ0v) is 19.7. The molecule has 0 saturated heterocycles. The van der Waals surface area contributed by atoms with Gasteiger partial charge in [0, 0.05) is 28.5 Å². The van der Waals surface area contributed by atoms with Crippen molar-refractivity contribution in [1.82, 2.24) is 19.2 Å². The van der Waals surface area contributed by atoms with Gasteiger partial charge in [-0.2, -0.15) is 13.2 Å². The Morgan fingerprint density at radius 1 is 0.946 bits per heavy atom. The van der Waals surface area contributed by atoms with Crippen LogP contribution in [0.4, 0.5) is 13.2 Å². The lowest BCUT2D eigenvalue weighted by Crippen LogP contribution is -2.21. The number of hydrogen-bond acceptors (Lipinski definition) is 4. The summed E-state index contributed by atoms with van der Waals surface area (Å²) in [5.41, 5.74) is 7.76. The molecule has 2 aromatic carbocycles. The third kappa shape index (κ3) is 4.70. The van der Waals surface area contributed by atoms with Crippen LogP contribution in [0.5, 0.6) is 0 Å². The Morgan fingerprint density at radius 3 is 2.22 bits per heavy atom. The molecule has 3 aromatic heterocycles. The largest absolute Gasteiger partial charge is 0.433 e.